The Kier molecular flexibility index (Phi) is 5.07. The molecular formula is C21H18FN5O2. The number of nitrogens with zero attached hydrogens (tertiary/aromatic N) is 4. The predicted molar refractivity (Wildman–Crippen MR) is 105 cm³/mol. The zero-order valence-corrected chi connectivity index (χ0v) is 15.6. The maximum absolute atomic E-state index is 13.3. The van der Waals surface area contributed by atoms with E-state index in [9.17, 15) is 9.18 Å². The number of benzene rings is 1. The predicted octanol–water partition coefficient (Wildman–Crippen LogP) is 3.14. The van der Waals surface area contributed by atoms with Crippen molar-refractivity contribution >= 4 is 5.91 Å². The number of hydrogen-bond donors (Lipinski definition) is 1. The highest BCUT2D eigenvalue weighted by atomic mass is 19.1. The molecule has 0 aliphatic carbocycles. The topological polar surface area (TPSA) is 74.0 Å². The van der Waals surface area contributed by atoms with Gasteiger partial charge in [-0.15, -0.1) is 0 Å². The van der Waals surface area contributed by atoms with Crippen LogP contribution in [0.25, 0.3) is 11.5 Å². The fraction of sp³-hybridized carbons (Fsp3) is 0.0952. The van der Waals surface area contributed by atoms with Gasteiger partial charge in [0.05, 0.1) is 19.0 Å². The maximum Gasteiger partial charge on any atom is 0.256 e. The van der Waals surface area contributed by atoms with Crippen molar-refractivity contribution in [1.29, 1.82) is 0 Å². The lowest BCUT2D eigenvalue weighted by molar-refractivity contribution is 0.0951. The number of carbonyl (C=O) groups excluding carboxylic acids is 1. The summed E-state index contributed by atoms with van der Waals surface area (Å²) in [5.41, 5.74) is 1.88. The van der Waals surface area contributed by atoms with Crippen LogP contribution in [0.15, 0.2) is 73.3 Å². The van der Waals surface area contributed by atoms with Crippen LogP contribution >= 0.6 is 0 Å². The molecule has 29 heavy (non-hydrogen) atoms. The van der Waals surface area contributed by atoms with Crippen molar-refractivity contribution < 1.29 is 13.9 Å². The molecule has 8 heteroatoms. The van der Waals surface area contributed by atoms with Crippen LogP contribution in [0.4, 0.5) is 4.39 Å². The second kappa shape index (κ2) is 7.97. The van der Waals surface area contributed by atoms with Crippen LogP contribution in [0.5, 0.6) is 5.88 Å². The summed E-state index contributed by atoms with van der Waals surface area (Å²) >= 11 is 0. The van der Waals surface area contributed by atoms with E-state index in [2.05, 4.69) is 15.4 Å². The zero-order chi connectivity index (χ0) is 20.2. The fourth-order valence-corrected chi connectivity index (χ4v) is 2.91. The summed E-state index contributed by atoms with van der Waals surface area (Å²) in [4.78, 5) is 17.0. The summed E-state index contributed by atoms with van der Waals surface area (Å²) in [6, 6.07) is 13.2. The second-order valence-corrected chi connectivity index (χ2v) is 6.25. The number of ether oxygens (including phenoxy) is 1. The monoisotopic (exact) mass is 391 g/mol. The molecule has 3 heterocycles. The smallest absolute Gasteiger partial charge is 0.256 e. The Morgan fingerprint density at radius 1 is 1.10 bits per heavy atom. The lowest BCUT2D eigenvalue weighted by atomic mass is 10.2. The average molecular weight is 391 g/mol. The molecule has 0 aliphatic heterocycles. The van der Waals surface area contributed by atoms with Crippen LogP contribution in [0.3, 0.4) is 0 Å². The summed E-state index contributed by atoms with van der Waals surface area (Å²) in [6.07, 6.45) is 6.79. The van der Waals surface area contributed by atoms with Gasteiger partial charge in [-0.2, -0.15) is 5.10 Å². The summed E-state index contributed by atoms with van der Waals surface area (Å²) in [7, 11) is 1.55. The molecule has 1 N–H and O–H groups in total. The molecule has 1 aromatic carbocycles. The minimum Gasteiger partial charge on any atom is -0.481 e. The van der Waals surface area contributed by atoms with Gasteiger partial charge in [-0.25, -0.2) is 14.1 Å². The molecule has 0 radical (unpaired) electrons. The lowest BCUT2D eigenvalue weighted by Gasteiger charge is -2.11. The van der Waals surface area contributed by atoms with Crippen LogP contribution in [0.2, 0.25) is 0 Å². The van der Waals surface area contributed by atoms with Crippen molar-refractivity contribution in [3.05, 3.63) is 90.3 Å². The number of hydrogen-bond acceptors (Lipinski definition) is 4. The van der Waals surface area contributed by atoms with E-state index in [-0.39, 0.29) is 11.7 Å². The molecule has 4 rings (SSSR count). The number of halogens is 1. The molecule has 3 aromatic heterocycles. The average Bonchev–Trinajstić information content (AvgIpc) is 3.42. The molecule has 1 amide bonds. The normalized spacial score (nSPS) is 10.7. The Bertz CT molecular complexity index is 1100. The van der Waals surface area contributed by atoms with Gasteiger partial charge in [0.15, 0.2) is 5.82 Å². The number of pyridine rings is 1. The largest absolute Gasteiger partial charge is 0.481 e. The van der Waals surface area contributed by atoms with Gasteiger partial charge in [-0.05, 0) is 42.0 Å². The molecule has 0 bridgehead atoms. The first-order valence-corrected chi connectivity index (χ1v) is 8.90. The van der Waals surface area contributed by atoms with Crippen molar-refractivity contribution in [2.24, 2.45) is 0 Å². The Labute approximate surface area is 166 Å². The molecule has 0 saturated carbocycles. The molecule has 4 aromatic rings. The van der Waals surface area contributed by atoms with E-state index >= 15 is 0 Å². The maximum atomic E-state index is 13.3. The first-order valence-electron chi connectivity index (χ1n) is 8.90. The Hall–Kier alpha value is -3.94. The van der Waals surface area contributed by atoms with E-state index in [0.717, 1.165) is 5.56 Å². The number of nitrogens with one attached hydrogen (secondary N) is 1. The van der Waals surface area contributed by atoms with Crippen LogP contribution in [-0.4, -0.2) is 32.3 Å². The second-order valence-electron chi connectivity index (χ2n) is 6.25. The molecular weight excluding hydrogens is 373 g/mol. The third-order valence-electron chi connectivity index (χ3n) is 4.37. The van der Waals surface area contributed by atoms with E-state index in [1.807, 2.05) is 30.6 Å². The van der Waals surface area contributed by atoms with Gasteiger partial charge in [0.2, 0.25) is 5.88 Å². The summed E-state index contributed by atoms with van der Waals surface area (Å²) in [5, 5.41) is 7.24. The minimum atomic E-state index is -0.338. The van der Waals surface area contributed by atoms with Gasteiger partial charge >= 0.3 is 0 Å². The van der Waals surface area contributed by atoms with E-state index in [1.54, 1.807) is 40.8 Å². The van der Waals surface area contributed by atoms with Crippen molar-refractivity contribution in [2.75, 3.05) is 7.11 Å². The molecule has 0 atom stereocenters. The van der Waals surface area contributed by atoms with Gasteiger partial charge in [-0.1, -0.05) is 6.07 Å². The summed E-state index contributed by atoms with van der Waals surface area (Å²) in [5.74, 6) is 0.454. The SMILES string of the molecule is COc1ccc(CNC(=O)c2cnn(-c3ccc(F)cc3)c2-n2cccc2)cn1. The molecule has 0 aliphatic rings. The highest BCUT2D eigenvalue weighted by Gasteiger charge is 2.19. The number of carbonyl (C=O) groups is 1. The number of methoxy groups -OCH3 is 1. The third-order valence-corrected chi connectivity index (χ3v) is 4.37. The lowest BCUT2D eigenvalue weighted by Crippen LogP contribution is -2.24. The fourth-order valence-electron chi connectivity index (χ4n) is 2.91. The van der Waals surface area contributed by atoms with E-state index in [0.29, 0.717) is 29.5 Å². The molecule has 0 fully saturated rings. The first-order chi connectivity index (χ1) is 14.2. The Morgan fingerprint density at radius 3 is 2.52 bits per heavy atom. The van der Waals surface area contributed by atoms with Crippen molar-refractivity contribution in [1.82, 2.24) is 24.6 Å². The van der Waals surface area contributed by atoms with Gasteiger partial charge in [0.1, 0.15) is 11.4 Å². The van der Waals surface area contributed by atoms with Crippen molar-refractivity contribution in [3.8, 4) is 17.4 Å². The first kappa shape index (κ1) is 18.4. The zero-order valence-electron chi connectivity index (χ0n) is 15.6. The van der Waals surface area contributed by atoms with E-state index in [1.165, 1.54) is 18.3 Å². The number of amides is 1. The van der Waals surface area contributed by atoms with Gasteiger partial charge < -0.3 is 14.6 Å². The molecule has 0 unspecified atom stereocenters. The summed E-state index contributed by atoms with van der Waals surface area (Å²) < 4.78 is 21.7. The molecule has 7 nitrogen and oxygen atoms in total. The van der Waals surface area contributed by atoms with Crippen LogP contribution in [0.1, 0.15) is 15.9 Å². The Morgan fingerprint density at radius 2 is 1.86 bits per heavy atom. The number of aromatic nitrogens is 4. The summed E-state index contributed by atoms with van der Waals surface area (Å²) in [6.45, 7) is 0.308. The van der Waals surface area contributed by atoms with Gasteiger partial charge in [0, 0.05) is 31.2 Å². The van der Waals surface area contributed by atoms with E-state index in [4.69, 9.17) is 4.74 Å². The van der Waals surface area contributed by atoms with E-state index < -0.39 is 0 Å². The van der Waals surface area contributed by atoms with Crippen molar-refractivity contribution in [3.63, 3.8) is 0 Å². The minimum absolute atomic E-state index is 0.280. The standard InChI is InChI=1S/C21H18FN5O2/c1-29-19-9-4-15(12-23-19)13-24-20(28)18-14-25-27(17-7-5-16(22)6-8-17)21(18)26-10-2-3-11-26/h2-12,14H,13H2,1H3,(H,24,28). The van der Waals surface area contributed by atoms with Crippen LogP contribution in [-0.2, 0) is 6.54 Å². The highest BCUT2D eigenvalue weighted by molar-refractivity contribution is 5.97. The van der Waals surface area contributed by atoms with Crippen molar-refractivity contribution in [2.45, 2.75) is 6.54 Å². The number of rotatable bonds is 6. The molecule has 0 saturated heterocycles. The van der Waals surface area contributed by atoms with Crippen LogP contribution < -0.4 is 10.1 Å². The highest BCUT2D eigenvalue weighted by Crippen LogP contribution is 2.20. The molecule has 146 valence electrons. The quantitative estimate of drug-likeness (QED) is 0.548. The van der Waals surface area contributed by atoms with Gasteiger partial charge in [-0.3, -0.25) is 4.79 Å². The third kappa shape index (κ3) is 3.86. The van der Waals surface area contributed by atoms with Crippen LogP contribution in [0, 0.1) is 5.82 Å². The van der Waals surface area contributed by atoms with Gasteiger partial charge in [0.25, 0.3) is 5.91 Å². The molecule has 0 spiro atoms. The Balaban J connectivity index is 1.62.